The minimum absolute atomic E-state index is 0. The van der Waals surface area contributed by atoms with Crippen LogP contribution in [0.4, 0.5) is 8.78 Å². The molecule has 170 valence electrons. The van der Waals surface area contributed by atoms with Gasteiger partial charge in [-0.25, -0.2) is 0 Å². The number of hydrogen-bond donors (Lipinski definition) is 2. The van der Waals surface area contributed by atoms with Gasteiger partial charge in [0.05, 0.1) is 13.7 Å². The van der Waals surface area contributed by atoms with Crippen molar-refractivity contribution in [1.82, 2.24) is 15.5 Å². The van der Waals surface area contributed by atoms with Gasteiger partial charge in [-0.15, -0.1) is 35.3 Å². The van der Waals surface area contributed by atoms with Crippen molar-refractivity contribution in [3.8, 4) is 11.5 Å². The number of thiophene rings is 1. The molecule has 0 atom stereocenters. The van der Waals surface area contributed by atoms with Crippen molar-refractivity contribution < 1.29 is 23.0 Å². The van der Waals surface area contributed by atoms with Gasteiger partial charge < -0.3 is 25.0 Å². The summed E-state index contributed by atoms with van der Waals surface area (Å²) in [5.41, 5.74) is 1.68. The van der Waals surface area contributed by atoms with Gasteiger partial charge in [0.15, 0.2) is 5.96 Å². The first kappa shape index (κ1) is 25.1. The smallest absolute Gasteiger partial charge is 0.387 e. The van der Waals surface area contributed by atoms with Crippen LogP contribution in [0.15, 0.2) is 34.6 Å². The number of alkyl halides is 2. The summed E-state index contributed by atoms with van der Waals surface area (Å²) in [5, 5.41) is 8.03. The Morgan fingerprint density at radius 3 is 2.84 bits per heavy atom. The van der Waals surface area contributed by atoms with Crippen molar-refractivity contribution in [2.75, 3.05) is 27.2 Å². The monoisotopic (exact) mass is 566 g/mol. The highest BCUT2D eigenvalue weighted by molar-refractivity contribution is 14.0. The molecule has 1 aliphatic heterocycles. The number of rotatable bonds is 7. The van der Waals surface area contributed by atoms with E-state index in [-0.39, 0.29) is 48.7 Å². The first-order chi connectivity index (χ1) is 14.5. The van der Waals surface area contributed by atoms with Crippen LogP contribution in [0, 0.1) is 0 Å². The van der Waals surface area contributed by atoms with Crippen molar-refractivity contribution in [2.24, 2.45) is 4.99 Å². The number of carbonyl (C=O) groups is 1. The summed E-state index contributed by atoms with van der Waals surface area (Å²) in [4.78, 5) is 19.8. The number of methoxy groups -OCH3 is 1. The van der Waals surface area contributed by atoms with Gasteiger partial charge in [-0.1, -0.05) is 0 Å². The van der Waals surface area contributed by atoms with E-state index < -0.39 is 6.61 Å². The maximum Gasteiger partial charge on any atom is 0.387 e. The standard InChI is InChI=1S/C20H24F2N4O3S.HI/c1-23-20(24-10-14-9-15(28-2)3-4-16(14)29-19(21)22)25-11-18(27)26-7-5-17-13(12-26)6-8-30-17;/h3-4,6,8-9,19H,5,7,10-12H2,1-2H3,(H2,23,24,25);1H. The third-order valence-corrected chi connectivity index (χ3v) is 5.74. The van der Waals surface area contributed by atoms with Crippen molar-refractivity contribution >= 4 is 47.2 Å². The van der Waals surface area contributed by atoms with Crippen molar-refractivity contribution in [2.45, 2.75) is 26.1 Å². The fraction of sp³-hybridized carbons (Fsp3) is 0.400. The minimum Gasteiger partial charge on any atom is -0.497 e. The lowest BCUT2D eigenvalue weighted by atomic mass is 10.1. The summed E-state index contributed by atoms with van der Waals surface area (Å²) in [6, 6.07) is 6.64. The zero-order chi connectivity index (χ0) is 21.5. The summed E-state index contributed by atoms with van der Waals surface area (Å²) < 4.78 is 35.0. The molecule has 0 aliphatic carbocycles. The Hall–Kier alpha value is -2.15. The molecule has 1 aliphatic rings. The summed E-state index contributed by atoms with van der Waals surface area (Å²) >= 11 is 1.72. The van der Waals surface area contributed by atoms with Crippen LogP contribution >= 0.6 is 35.3 Å². The SMILES string of the molecule is CN=C(NCC(=O)N1CCc2sccc2C1)NCc1cc(OC)ccc1OC(F)F.I. The Morgan fingerprint density at radius 2 is 2.13 bits per heavy atom. The van der Waals surface area contributed by atoms with Crippen LogP contribution in [0.25, 0.3) is 0 Å². The fourth-order valence-electron chi connectivity index (χ4n) is 3.16. The quantitative estimate of drug-likeness (QED) is 0.306. The molecule has 7 nitrogen and oxygen atoms in total. The Kier molecular flexibility index (Phi) is 9.75. The lowest BCUT2D eigenvalue weighted by molar-refractivity contribution is -0.130. The minimum atomic E-state index is -2.93. The van der Waals surface area contributed by atoms with Crippen LogP contribution in [-0.4, -0.2) is 50.6 Å². The van der Waals surface area contributed by atoms with E-state index in [9.17, 15) is 13.6 Å². The van der Waals surface area contributed by atoms with Gasteiger partial charge >= 0.3 is 6.61 Å². The number of fused-ring (bicyclic) bond motifs is 1. The molecule has 31 heavy (non-hydrogen) atoms. The predicted molar refractivity (Wildman–Crippen MR) is 127 cm³/mol. The maximum atomic E-state index is 12.7. The van der Waals surface area contributed by atoms with E-state index in [2.05, 4.69) is 26.4 Å². The van der Waals surface area contributed by atoms with Gasteiger partial charge in [0.2, 0.25) is 5.91 Å². The largest absolute Gasteiger partial charge is 0.497 e. The average molecular weight is 566 g/mol. The highest BCUT2D eigenvalue weighted by atomic mass is 127. The van der Waals surface area contributed by atoms with Crippen LogP contribution in [-0.2, 0) is 24.3 Å². The van der Waals surface area contributed by atoms with Crippen molar-refractivity contribution in [1.29, 1.82) is 0 Å². The van der Waals surface area contributed by atoms with Gasteiger partial charge in [0.1, 0.15) is 11.5 Å². The zero-order valence-corrected chi connectivity index (χ0v) is 20.3. The van der Waals surface area contributed by atoms with E-state index in [0.29, 0.717) is 30.4 Å². The summed E-state index contributed by atoms with van der Waals surface area (Å²) in [6.07, 6.45) is 0.870. The normalized spacial score (nSPS) is 13.3. The Balaban J connectivity index is 0.00000341. The van der Waals surface area contributed by atoms with Crippen molar-refractivity contribution in [3.05, 3.63) is 45.6 Å². The molecule has 2 N–H and O–H groups in total. The van der Waals surface area contributed by atoms with Crippen LogP contribution in [0.5, 0.6) is 11.5 Å². The number of amides is 1. The molecule has 11 heteroatoms. The van der Waals surface area contributed by atoms with E-state index in [1.807, 2.05) is 10.3 Å². The van der Waals surface area contributed by atoms with Crippen LogP contribution < -0.4 is 20.1 Å². The molecule has 0 spiro atoms. The van der Waals surface area contributed by atoms with Crippen molar-refractivity contribution in [3.63, 3.8) is 0 Å². The molecular formula is C20H25F2IN4O3S. The summed E-state index contributed by atoms with van der Waals surface area (Å²) in [6.45, 7) is -1.38. The Labute approximate surface area is 200 Å². The van der Waals surface area contributed by atoms with E-state index in [1.54, 1.807) is 30.5 Å². The molecule has 1 aromatic heterocycles. The van der Waals surface area contributed by atoms with Gasteiger partial charge in [0.25, 0.3) is 0 Å². The lowest BCUT2D eigenvalue weighted by Crippen LogP contribution is -2.45. The number of nitrogens with one attached hydrogen (secondary N) is 2. The fourth-order valence-corrected chi connectivity index (χ4v) is 4.05. The van der Waals surface area contributed by atoms with Gasteiger partial charge in [0, 0.05) is 37.1 Å². The second-order valence-corrected chi connectivity index (χ2v) is 7.57. The van der Waals surface area contributed by atoms with Gasteiger partial charge in [-0.05, 0) is 41.6 Å². The molecule has 3 rings (SSSR count). The molecule has 0 saturated heterocycles. The molecule has 0 fully saturated rings. The average Bonchev–Trinajstić information content (AvgIpc) is 3.22. The number of guanidine groups is 1. The second kappa shape index (κ2) is 12.0. The second-order valence-electron chi connectivity index (χ2n) is 6.57. The highest BCUT2D eigenvalue weighted by Crippen LogP contribution is 2.26. The molecule has 0 radical (unpaired) electrons. The first-order valence-corrected chi connectivity index (χ1v) is 10.3. The maximum absolute atomic E-state index is 12.7. The summed E-state index contributed by atoms with van der Waals surface area (Å²) in [5.74, 6) is 0.912. The number of benzene rings is 1. The number of hydrogen-bond acceptors (Lipinski definition) is 5. The predicted octanol–water partition coefficient (Wildman–Crippen LogP) is 3.23. The first-order valence-electron chi connectivity index (χ1n) is 9.39. The van der Waals surface area contributed by atoms with E-state index in [0.717, 1.165) is 6.42 Å². The Morgan fingerprint density at radius 1 is 1.32 bits per heavy atom. The van der Waals surface area contributed by atoms with Crippen LogP contribution in [0.3, 0.4) is 0 Å². The number of nitrogens with zero attached hydrogens (tertiary/aromatic N) is 2. The molecule has 1 amide bonds. The molecule has 0 unspecified atom stereocenters. The summed E-state index contributed by atoms with van der Waals surface area (Å²) in [7, 11) is 3.06. The number of ether oxygens (including phenoxy) is 2. The third kappa shape index (κ3) is 6.92. The topological polar surface area (TPSA) is 75.2 Å². The number of aliphatic imine (C=N–C) groups is 1. The molecule has 1 aromatic carbocycles. The van der Waals surface area contributed by atoms with E-state index >= 15 is 0 Å². The molecule has 0 saturated carbocycles. The highest BCUT2D eigenvalue weighted by Gasteiger charge is 2.21. The molecule has 2 aromatic rings. The third-order valence-electron chi connectivity index (χ3n) is 4.72. The van der Waals surface area contributed by atoms with Crippen LogP contribution in [0.2, 0.25) is 0 Å². The number of halogens is 3. The molecule has 2 heterocycles. The van der Waals surface area contributed by atoms with Gasteiger partial charge in [-0.3, -0.25) is 9.79 Å². The number of carbonyl (C=O) groups excluding carboxylic acids is 1. The van der Waals surface area contributed by atoms with Gasteiger partial charge in [-0.2, -0.15) is 8.78 Å². The van der Waals surface area contributed by atoms with E-state index in [1.165, 1.54) is 23.6 Å². The zero-order valence-electron chi connectivity index (χ0n) is 17.2. The molecular weight excluding hydrogens is 541 g/mol. The molecule has 0 bridgehead atoms. The lowest BCUT2D eigenvalue weighted by Gasteiger charge is -2.27. The Bertz CT molecular complexity index is 910. The van der Waals surface area contributed by atoms with E-state index in [4.69, 9.17) is 4.74 Å². The van der Waals surface area contributed by atoms with Crippen LogP contribution in [0.1, 0.15) is 16.0 Å².